The SMILES string of the molecule is O=C(O)C1CCc2nc(-c3ccc(Cl)cc3)sc2C1. The highest BCUT2D eigenvalue weighted by atomic mass is 35.5. The van der Waals surface area contributed by atoms with Crippen LogP contribution in [0.25, 0.3) is 10.6 Å². The number of fused-ring (bicyclic) bond motifs is 1. The summed E-state index contributed by atoms with van der Waals surface area (Å²) < 4.78 is 0. The van der Waals surface area contributed by atoms with Crippen molar-refractivity contribution in [2.75, 3.05) is 0 Å². The van der Waals surface area contributed by atoms with E-state index in [1.807, 2.05) is 24.3 Å². The Labute approximate surface area is 119 Å². The first-order chi connectivity index (χ1) is 9.13. The number of carboxylic acids is 1. The molecule has 1 atom stereocenters. The number of aliphatic carboxylic acids is 1. The number of aromatic nitrogens is 1. The molecule has 0 spiro atoms. The molecule has 1 heterocycles. The molecule has 0 saturated heterocycles. The van der Waals surface area contributed by atoms with Crippen LogP contribution in [0.1, 0.15) is 17.0 Å². The molecule has 0 amide bonds. The standard InChI is InChI=1S/C14H12ClNO2S/c15-10-4-1-8(2-5-10)13-16-11-6-3-9(14(17)18)7-12(11)19-13/h1-2,4-5,9H,3,6-7H2,(H,17,18). The number of hydrogen-bond acceptors (Lipinski definition) is 3. The zero-order valence-electron chi connectivity index (χ0n) is 10.1. The van der Waals surface area contributed by atoms with Crippen molar-refractivity contribution in [2.45, 2.75) is 19.3 Å². The van der Waals surface area contributed by atoms with Crippen LogP contribution in [-0.4, -0.2) is 16.1 Å². The number of rotatable bonds is 2. The highest BCUT2D eigenvalue weighted by Gasteiger charge is 2.27. The molecule has 1 N–H and O–H groups in total. The van der Waals surface area contributed by atoms with E-state index < -0.39 is 5.97 Å². The summed E-state index contributed by atoms with van der Waals surface area (Å²) >= 11 is 7.47. The maximum absolute atomic E-state index is 11.0. The van der Waals surface area contributed by atoms with Gasteiger partial charge in [0, 0.05) is 15.5 Å². The fourth-order valence-corrected chi connectivity index (χ4v) is 3.62. The zero-order valence-corrected chi connectivity index (χ0v) is 11.7. The van der Waals surface area contributed by atoms with Gasteiger partial charge in [-0.2, -0.15) is 0 Å². The molecule has 1 aliphatic rings. The Bertz CT molecular complexity index is 621. The Morgan fingerprint density at radius 2 is 2.11 bits per heavy atom. The molecule has 98 valence electrons. The van der Waals surface area contributed by atoms with Crippen molar-refractivity contribution in [3.63, 3.8) is 0 Å². The lowest BCUT2D eigenvalue weighted by Crippen LogP contribution is -2.21. The van der Waals surface area contributed by atoms with Gasteiger partial charge >= 0.3 is 5.97 Å². The molecule has 3 nitrogen and oxygen atoms in total. The van der Waals surface area contributed by atoms with Crippen molar-refractivity contribution in [2.24, 2.45) is 5.92 Å². The number of nitrogens with zero attached hydrogens (tertiary/aromatic N) is 1. The van der Waals surface area contributed by atoms with Gasteiger partial charge in [-0.25, -0.2) is 4.98 Å². The largest absolute Gasteiger partial charge is 0.481 e. The molecule has 0 bridgehead atoms. The van der Waals surface area contributed by atoms with Crippen LogP contribution >= 0.6 is 22.9 Å². The van der Waals surface area contributed by atoms with Crippen LogP contribution in [0.4, 0.5) is 0 Å². The van der Waals surface area contributed by atoms with E-state index in [1.165, 1.54) is 0 Å². The van der Waals surface area contributed by atoms with Crippen LogP contribution in [0.15, 0.2) is 24.3 Å². The van der Waals surface area contributed by atoms with Crippen molar-refractivity contribution in [3.05, 3.63) is 39.9 Å². The lowest BCUT2D eigenvalue weighted by atomic mass is 9.91. The molecule has 1 aromatic heterocycles. The van der Waals surface area contributed by atoms with Crippen LogP contribution in [0.2, 0.25) is 5.02 Å². The minimum absolute atomic E-state index is 0.258. The quantitative estimate of drug-likeness (QED) is 0.919. The zero-order chi connectivity index (χ0) is 13.4. The number of thiazole rings is 1. The summed E-state index contributed by atoms with van der Waals surface area (Å²) in [6, 6.07) is 7.58. The van der Waals surface area contributed by atoms with Gasteiger partial charge in [0.05, 0.1) is 11.6 Å². The summed E-state index contributed by atoms with van der Waals surface area (Å²) in [5.41, 5.74) is 2.10. The van der Waals surface area contributed by atoms with Crippen LogP contribution in [0, 0.1) is 5.92 Å². The number of aryl methyl sites for hydroxylation is 1. The second kappa shape index (κ2) is 4.94. The van der Waals surface area contributed by atoms with E-state index in [2.05, 4.69) is 4.98 Å². The van der Waals surface area contributed by atoms with Gasteiger partial charge in [-0.05, 0) is 31.4 Å². The summed E-state index contributed by atoms with van der Waals surface area (Å²) in [4.78, 5) is 16.8. The third kappa shape index (κ3) is 2.51. The Balaban J connectivity index is 1.91. The monoisotopic (exact) mass is 293 g/mol. The third-order valence-electron chi connectivity index (χ3n) is 3.38. The van der Waals surface area contributed by atoms with Gasteiger partial charge < -0.3 is 5.11 Å². The minimum atomic E-state index is -0.702. The maximum atomic E-state index is 11.0. The Morgan fingerprint density at radius 3 is 2.79 bits per heavy atom. The normalized spacial score (nSPS) is 18.1. The molecule has 0 radical (unpaired) electrons. The van der Waals surface area contributed by atoms with E-state index in [9.17, 15) is 4.79 Å². The fourth-order valence-electron chi connectivity index (χ4n) is 2.30. The molecule has 1 unspecified atom stereocenters. The van der Waals surface area contributed by atoms with E-state index in [4.69, 9.17) is 16.7 Å². The molecule has 1 aliphatic carbocycles. The Hall–Kier alpha value is -1.39. The lowest BCUT2D eigenvalue weighted by molar-refractivity contribution is -0.142. The van der Waals surface area contributed by atoms with E-state index >= 15 is 0 Å². The highest BCUT2D eigenvalue weighted by molar-refractivity contribution is 7.15. The molecule has 3 rings (SSSR count). The van der Waals surface area contributed by atoms with Crippen molar-refractivity contribution >= 4 is 28.9 Å². The van der Waals surface area contributed by atoms with E-state index in [0.29, 0.717) is 17.9 Å². The van der Waals surface area contributed by atoms with E-state index in [-0.39, 0.29) is 5.92 Å². The van der Waals surface area contributed by atoms with E-state index in [0.717, 1.165) is 27.6 Å². The van der Waals surface area contributed by atoms with Gasteiger partial charge in [0.25, 0.3) is 0 Å². The molecular formula is C14H12ClNO2S. The van der Waals surface area contributed by atoms with Gasteiger partial charge in [0.1, 0.15) is 5.01 Å². The minimum Gasteiger partial charge on any atom is -0.481 e. The number of carbonyl (C=O) groups is 1. The second-order valence-corrected chi connectivity index (χ2v) is 6.19. The first-order valence-corrected chi connectivity index (χ1v) is 7.30. The van der Waals surface area contributed by atoms with E-state index in [1.54, 1.807) is 11.3 Å². The summed E-state index contributed by atoms with van der Waals surface area (Å²) in [6.07, 6.45) is 2.05. The average Bonchev–Trinajstić information content (AvgIpc) is 2.82. The lowest BCUT2D eigenvalue weighted by Gasteiger charge is -2.16. The number of hydrogen-bond donors (Lipinski definition) is 1. The fraction of sp³-hybridized carbons (Fsp3) is 0.286. The third-order valence-corrected chi connectivity index (χ3v) is 4.80. The second-order valence-electron chi connectivity index (χ2n) is 4.67. The Morgan fingerprint density at radius 1 is 1.37 bits per heavy atom. The number of carboxylic acid groups (broad SMARTS) is 1. The maximum Gasteiger partial charge on any atom is 0.306 e. The van der Waals surface area contributed by atoms with Crippen LogP contribution in [-0.2, 0) is 17.6 Å². The molecule has 2 aromatic rings. The molecule has 5 heteroatoms. The topological polar surface area (TPSA) is 50.2 Å². The van der Waals surface area contributed by atoms with Crippen LogP contribution < -0.4 is 0 Å². The summed E-state index contributed by atoms with van der Waals surface area (Å²) in [5.74, 6) is -0.960. The predicted molar refractivity (Wildman–Crippen MR) is 75.7 cm³/mol. The van der Waals surface area contributed by atoms with Crippen molar-refractivity contribution in [1.82, 2.24) is 4.98 Å². The predicted octanol–water partition coefficient (Wildman–Crippen LogP) is 3.65. The van der Waals surface area contributed by atoms with Gasteiger partial charge in [-0.1, -0.05) is 23.7 Å². The smallest absolute Gasteiger partial charge is 0.306 e. The molecule has 19 heavy (non-hydrogen) atoms. The molecule has 0 fully saturated rings. The number of halogens is 1. The summed E-state index contributed by atoms with van der Waals surface area (Å²) in [6.45, 7) is 0. The molecule has 1 aromatic carbocycles. The summed E-state index contributed by atoms with van der Waals surface area (Å²) in [5, 5.41) is 10.7. The number of benzene rings is 1. The highest BCUT2D eigenvalue weighted by Crippen LogP contribution is 2.34. The van der Waals surface area contributed by atoms with Gasteiger partial charge in [0.15, 0.2) is 0 Å². The summed E-state index contributed by atoms with van der Waals surface area (Å²) in [7, 11) is 0. The van der Waals surface area contributed by atoms with Crippen molar-refractivity contribution in [1.29, 1.82) is 0 Å². The van der Waals surface area contributed by atoms with Gasteiger partial charge in [-0.3, -0.25) is 4.79 Å². The van der Waals surface area contributed by atoms with Gasteiger partial charge in [-0.15, -0.1) is 11.3 Å². The van der Waals surface area contributed by atoms with Crippen LogP contribution in [0.5, 0.6) is 0 Å². The van der Waals surface area contributed by atoms with Crippen molar-refractivity contribution in [3.8, 4) is 10.6 Å². The van der Waals surface area contributed by atoms with Crippen LogP contribution in [0.3, 0.4) is 0 Å². The molecular weight excluding hydrogens is 282 g/mol. The average molecular weight is 294 g/mol. The first-order valence-electron chi connectivity index (χ1n) is 6.11. The molecule has 0 saturated carbocycles. The molecule has 0 aliphatic heterocycles. The Kier molecular flexibility index (Phi) is 3.29. The van der Waals surface area contributed by atoms with Crippen molar-refractivity contribution < 1.29 is 9.90 Å². The van der Waals surface area contributed by atoms with Gasteiger partial charge in [0.2, 0.25) is 0 Å². The first kappa shape index (κ1) is 12.6.